The lowest BCUT2D eigenvalue weighted by Gasteiger charge is -2.60. The fraction of sp³-hybridized carbons (Fsp3) is 0.700. The van der Waals surface area contributed by atoms with Gasteiger partial charge in [0.15, 0.2) is 5.79 Å². The molecule has 7 atom stereocenters. The number of allylic oxidation sites excluding steroid dienone is 1. The monoisotopic (exact) mass is 468 g/mol. The van der Waals surface area contributed by atoms with E-state index in [4.69, 9.17) is 4.74 Å². The lowest BCUT2D eigenvalue weighted by atomic mass is 9.45. The average Bonchev–Trinajstić information content (AvgIpc) is 3.13. The van der Waals surface area contributed by atoms with Crippen molar-refractivity contribution in [1.29, 1.82) is 0 Å². The second-order valence-electron chi connectivity index (χ2n) is 12.3. The number of hydrogen-bond donors (Lipinski definition) is 1. The van der Waals surface area contributed by atoms with E-state index in [1.807, 2.05) is 6.92 Å². The number of Topliss-reactive ketones (excluding diaryl/α,β-unsaturated/α-hetero) is 1. The van der Waals surface area contributed by atoms with Gasteiger partial charge in [0.2, 0.25) is 0 Å². The van der Waals surface area contributed by atoms with Crippen molar-refractivity contribution < 1.29 is 19.0 Å². The molecule has 0 spiro atoms. The molecule has 186 valence electrons. The summed E-state index contributed by atoms with van der Waals surface area (Å²) in [6, 6.07) is 6.30. The van der Waals surface area contributed by atoms with E-state index < -0.39 is 5.79 Å². The van der Waals surface area contributed by atoms with Crippen LogP contribution in [0.5, 0.6) is 0 Å². The molecule has 1 N–H and O–H groups in total. The van der Waals surface area contributed by atoms with Gasteiger partial charge in [0, 0.05) is 18.3 Å². The Labute approximate surface area is 204 Å². The molecule has 0 saturated heterocycles. The predicted octanol–water partition coefficient (Wildman–Crippen LogP) is 6.98. The maximum absolute atomic E-state index is 13.2. The van der Waals surface area contributed by atoms with Crippen molar-refractivity contribution in [3.63, 3.8) is 0 Å². The van der Waals surface area contributed by atoms with Gasteiger partial charge in [0.25, 0.3) is 0 Å². The van der Waals surface area contributed by atoms with Crippen LogP contribution in [0.25, 0.3) is 0 Å². The Kier molecular flexibility index (Phi) is 5.88. The van der Waals surface area contributed by atoms with E-state index in [9.17, 15) is 14.3 Å². The standard InChI is InChI=1S/C30H41FO3/c1-5-29(20(2)32)15-13-26-24-11-8-22-18-30(33,34-19-21-6-9-23(31)10-7-21)17-16-27(22,3)25(24)12-14-28(26,29)4/h6-10,24-26,33H,5,11-19H2,1-4H3/t24-,25+,26+,27+,28+,29-,30?/m1/s1. The average molecular weight is 469 g/mol. The van der Waals surface area contributed by atoms with Gasteiger partial charge in [0.05, 0.1) is 6.61 Å². The molecule has 3 nitrogen and oxygen atoms in total. The first kappa shape index (κ1) is 24.2. The summed E-state index contributed by atoms with van der Waals surface area (Å²) in [6.07, 6.45) is 11.1. The molecule has 4 aliphatic rings. The number of hydrogen-bond acceptors (Lipinski definition) is 3. The first-order chi connectivity index (χ1) is 16.1. The topological polar surface area (TPSA) is 46.5 Å². The molecule has 3 fully saturated rings. The fourth-order valence-electron chi connectivity index (χ4n) is 9.08. The van der Waals surface area contributed by atoms with Crippen LogP contribution in [0, 0.1) is 39.8 Å². The van der Waals surface area contributed by atoms with Crippen molar-refractivity contribution in [3.05, 3.63) is 47.3 Å². The Hall–Kier alpha value is -1.52. The van der Waals surface area contributed by atoms with Gasteiger partial charge in [-0.2, -0.15) is 0 Å². The van der Waals surface area contributed by atoms with Crippen molar-refractivity contribution in [2.45, 2.75) is 97.9 Å². The number of carbonyl (C=O) groups is 1. The van der Waals surface area contributed by atoms with Crippen LogP contribution in [-0.4, -0.2) is 16.7 Å². The van der Waals surface area contributed by atoms with Crippen LogP contribution in [0.4, 0.5) is 4.39 Å². The normalized spacial score (nSPS) is 43.5. The van der Waals surface area contributed by atoms with Crippen LogP contribution in [0.1, 0.15) is 91.0 Å². The third kappa shape index (κ3) is 3.46. The molecule has 0 aromatic heterocycles. The molecule has 3 saturated carbocycles. The third-order valence-corrected chi connectivity index (χ3v) is 11.2. The number of ether oxygens (including phenoxy) is 1. The number of halogens is 1. The summed E-state index contributed by atoms with van der Waals surface area (Å²) >= 11 is 0. The second-order valence-corrected chi connectivity index (χ2v) is 12.3. The second kappa shape index (κ2) is 8.27. The SMILES string of the molecule is CC[C@]1(C(C)=O)CC[C@H]2[C@@H]3CC=C4CC(O)(OCc5ccc(F)cc5)CC[C@]4(C)[C@H]3CC[C@@]21C. The Balaban J connectivity index is 1.35. The Bertz CT molecular complexity index is 985. The number of aliphatic hydroxyl groups is 1. The highest BCUT2D eigenvalue weighted by atomic mass is 19.1. The number of carbonyl (C=O) groups excluding carboxylic acids is 1. The maximum Gasteiger partial charge on any atom is 0.169 e. The first-order valence-corrected chi connectivity index (χ1v) is 13.4. The van der Waals surface area contributed by atoms with Gasteiger partial charge in [-0.15, -0.1) is 0 Å². The zero-order valence-electron chi connectivity index (χ0n) is 21.3. The molecule has 0 heterocycles. The van der Waals surface area contributed by atoms with Crippen LogP contribution in [0.2, 0.25) is 0 Å². The molecular formula is C30H41FO3. The Morgan fingerprint density at radius 3 is 2.47 bits per heavy atom. The molecule has 0 amide bonds. The van der Waals surface area contributed by atoms with Crippen LogP contribution in [-0.2, 0) is 16.1 Å². The smallest absolute Gasteiger partial charge is 0.169 e. The number of ketones is 1. The van der Waals surface area contributed by atoms with Gasteiger partial charge in [-0.1, -0.05) is 44.6 Å². The molecule has 4 heteroatoms. The summed E-state index contributed by atoms with van der Waals surface area (Å²) < 4.78 is 19.2. The molecule has 1 aromatic rings. The summed E-state index contributed by atoms with van der Waals surface area (Å²) in [5, 5.41) is 11.3. The van der Waals surface area contributed by atoms with Gasteiger partial charge >= 0.3 is 0 Å². The zero-order valence-corrected chi connectivity index (χ0v) is 21.3. The first-order valence-electron chi connectivity index (χ1n) is 13.4. The fourth-order valence-corrected chi connectivity index (χ4v) is 9.08. The van der Waals surface area contributed by atoms with Crippen LogP contribution in [0.15, 0.2) is 35.9 Å². The van der Waals surface area contributed by atoms with Gasteiger partial charge in [-0.3, -0.25) is 4.79 Å². The number of rotatable bonds is 5. The third-order valence-electron chi connectivity index (χ3n) is 11.2. The van der Waals surface area contributed by atoms with E-state index in [-0.39, 0.29) is 28.7 Å². The van der Waals surface area contributed by atoms with Crippen LogP contribution in [0.3, 0.4) is 0 Å². The highest BCUT2D eigenvalue weighted by Crippen LogP contribution is 2.70. The van der Waals surface area contributed by atoms with Gasteiger partial charge in [-0.25, -0.2) is 4.39 Å². The minimum Gasteiger partial charge on any atom is -0.365 e. The van der Waals surface area contributed by atoms with E-state index in [2.05, 4.69) is 26.8 Å². The highest BCUT2D eigenvalue weighted by Gasteiger charge is 2.65. The van der Waals surface area contributed by atoms with Crippen molar-refractivity contribution >= 4 is 5.78 Å². The molecule has 0 radical (unpaired) electrons. The van der Waals surface area contributed by atoms with E-state index in [1.165, 1.54) is 30.5 Å². The Morgan fingerprint density at radius 1 is 1.09 bits per heavy atom. The Morgan fingerprint density at radius 2 is 1.79 bits per heavy atom. The summed E-state index contributed by atoms with van der Waals surface area (Å²) in [7, 11) is 0. The summed E-state index contributed by atoms with van der Waals surface area (Å²) in [6.45, 7) is 9.19. The molecule has 1 aromatic carbocycles. The van der Waals surface area contributed by atoms with E-state index in [1.54, 1.807) is 12.1 Å². The highest BCUT2D eigenvalue weighted by molar-refractivity contribution is 5.83. The lowest BCUT2D eigenvalue weighted by Crippen LogP contribution is -2.55. The minimum absolute atomic E-state index is 0.101. The summed E-state index contributed by atoms with van der Waals surface area (Å²) in [5.74, 6) is 0.842. The van der Waals surface area contributed by atoms with Crippen molar-refractivity contribution in [2.24, 2.45) is 34.0 Å². The van der Waals surface area contributed by atoms with Crippen molar-refractivity contribution in [1.82, 2.24) is 0 Å². The van der Waals surface area contributed by atoms with Gasteiger partial charge in [0.1, 0.15) is 11.6 Å². The van der Waals surface area contributed by atoms with Gasteiger partial charge < -0.3 is 9.84 Å². The molecule has 0 aliphatic heterocycles. The van der Waals surface area contributed by atoms with Crippen molar-refractivity contribution in [2.75, 3.05) is 0 Å². The van der Waals surface area contributed by atoms with Crippen LogP contribution >= 0.6 is 0 Å². The van der Waals surface area contributed by atoms with Gasteiger partial charge in [-0.05, 0) is 98.1 Å². The predicted molar refractivity (Wildman–Crippen MR) is 131 cm³/mol. The summed E-state index contributed by atoms with van der Waals surface area (Å²) in [4.78, 5) is 12.9. The molecule has 1 unspecified atom stereocenters. The van der Waals surface area contributed by atoms with E-state index >= 15 is 0 Å². The summed E-state index contributed by atoms with van der Waals surface area (Å²) in [5.41, 5.74) is 2.30. The minimum atomic E-state index is -1.16. The largest absolute Gasteiger partial charge is 0.365 e. The number of benzene rings is 1. The maximum atomic E-state index is 13.2. The molecular weight excluding hydrogens is 427 g/mol. The number of fused-ring (bicyclic) bond motifs is 5. The molecule has 34 heavy (non-hydrogen) atoms. The van der Waals surface area contributed by atoms with Crippen LogP contribution < -0.4 is 0 Å². The van der Waals surface area contributed by atoms with E-state index in [0.717, 1.165) is 37.7 Å². The molecule has 5 rings (SSSR count). The van der Waals surface area contributed by atoms with E-state index in [0.29, 0.717) is 36.4 Å². The van der Waals surface area contributed by atoms with Crippen molar-refractivity contribution in [3.8, 4) is 0 Å². The lowest BCUT2D eigenvalue weighted by molar-refractivity contribution is -0.231. The zero-order chi connectivity index (χ0) is 24.4. The molecule has 0 bridgehead atoms. The molecule has 4 aliphatic carbocycles. The quantitative estimate of drug-likeness (QED) is 0.375.